The van der Waals surface area contributed by atoms with Crippen LogP contribution in [0.1, 0.15) is 11.3 Å². The van der Waals surface area contributed by atoms with E-state index in [4.69, 9.17) is 4.74 Å². The lowest BCUT2D eigenvalue weighted by Gasteiger charge is -2.14. The predicted octanol–water partition coefficient (Wildman–Crippen LogP) is 2.91. The zero-order valence-electron chi connectivity index (χ0n) is 17.4. The number of rotatable bonds is 7. The third-order valence-electron chi connectivity index (χ3n) is 4.73. The predicted molar refractivity (Wildman–Crippen MR) is 119 cm³/mol. The first kappa shape index (κ1) is 22.1. The van der Waals surface area contributed by atoms with Gasteiger partial charge < -0.3 is 14.6 Å². The van der Waals surface area contributed by atoms with E-state index in [-0.39, 0.29) is 17.1 Å². The van der Waals surface area contributed by atoms with Gasteiger partial charge in [-0.1, -0.05) is 18.2 Å². The number of pyridine rings is 1. The smallest absolute Gasteiger partial charge is 0.275 e. The molecule has 0 saturated carbocycles. The standard InChI is InChI=1S/C22H23N3O5S/c1-15-6-4-5-7-19(15)23-21(26)14-25-16(2)8-13-20(22(25)27)24-31(28,29)18-11-9-17(30-3)10-12-18/h4-13,24H,14H2,1-3H3,(H,23,26). The van der Waals surface area contributed by atoms with Crippen LogP contribution in [0.2, 0.25) is 0 Å². The maximum atomic E-state index is 12.9. The van der Waals surface area contributed by atoms with Gasteiger partial charge in [-0.3, -0.25) is 14.3 Å². The number of hydrogen-bond acceptors (Lipinski definition) is 5. The summed E-state index contributed by atoms with van der Waals surface area (Å²) in [5.41, 5.74) is 1.30. The molecule has 0 spiro atoms. The largest absolute Gasteiger partial charge is 0.497 e. The molecule has 0 unspecified atom stereocenters. The van der Waals surface area contributed by atoms with Crippen molar-refractivity contribution < 1.29 is 17.9 Å². The number of ether oxygens (including phenoxy) is 1. The van der Waals surface area contributed by atoms with Gasteiger partial charge in [0, 0.05) is 11.4 Å². The van der Waals surface area contributed by atoms with Crippen LogP contribution in [0.3, 0.4) is 0 Å². The van der Waals surface area contributed by atoms with Crippen molar-refractivity contribution in [3.8, 4) is 5.75 Å². The van der Waals surface area contributed by atoms with E-state index in [1.807, 2.05) is 19.1 Å². The monoisotopic (exact) mass is 441 g/mol. The van der Waals surface area contributed by atoms with Crippen molar-refractivity contribution in [1.29, 1.82) is 0 Å². The van der Waals surface area contributed by atoms with Gasteiger partial charge in [0.2, 0.25) is 5.91 Å². The molecule has 0 aliphatic heterocycles. The molecule has 1 aromatic heterocycles. The molecule has 0 atom stereocenters. The first-order chi connectivity index (χ1) is 14.7. The van der Waals surface area contributed by atoms with Gasteiger partial charge in [0.25, 0.3) is 15.6 Å². The Morgan fingerprint density at radius 1 is 0.968 bits per heavy atom. The molecule has 1 amide bonds. The van der Waals surface area contributed by atoms with E-state index in [2.05, 4.69) is 10.0 Å². The molecule has 2 N–H and O–H groups in total. The summed E-state index contributed by atoms with van der Waals surface area (Å²) in [5.74, 6) is 0.117. The molecule has 0 aliphatic rings. The van der Waals surface area contributed by atoms with Gasteiger partial charge in [0.15, 0.2) is 0 Å². The van der Waals surface area contributed by atoms with Crippen LogP contribution in [0.4, 0.5) is 11.4 Å². The highest BCUT2D eigenvalue weighted by atomic mass is 32.2. The number of carbonyl (C=O) groups is 1. The molecule has 0 radical (unpaired) electrons. The van der Waals surface area contributed by atoms with Crippen molar-refractivity contribution in [2.75, 3.05) is 17.1 Å². The van der Waals surface area contributed by atoms with Crippen LogP contribution in [0.15, 0.2) is 70.4 Å². The molecular weight excluding hydrogens is 418 g/mol. The van der Waals surface area contributed by atoms with Crippen molar-refractivity contribution in [3.05, 3.63) is 82.3 Å². The molecule has 2 aromatic carbocycles. The first-order valence-electron chi connectivity index (χ1n) is 9.44. The summed E-state index contributed by atoms with van der Waals surface area (Å²) in [6.45, 7) is 3.28. The highest BCUT2D eigenvalue weighted by Gasteiger charge is 2.18. The Bertz CT molecular complexity index is 1270. The number of nitrogens with zero attached hydrogens (tertiary/aromatic N) is 1. The summed E-state index contributed by atoms with van der Waals surface area (Å²) in [6, 6.07) is 16.0. The fourth-order valence-electron chi connectivity index (χ4n) is 2.95. The maximum Gasteiger partial charge on any atom is 0.275 e. The summed E-state index contributed by atoms with van der Waals surface area (Å²) < 4.78 is 33.9. The summed E-state index contributed by atoms with van der Waals surface area (Å²) in [5, 5.41) is 2.77. The van der Waals surface area contributed by atoms with Crippen molar-refractivity contribution >= 4 is 27.3 Å². The van der Waals surface area contributed by atoms with Crippen LogP contribution in [-0.2, 0) is 21.4 Å². The number of benzene rings is 2. The highest BCUT2D eigenvalue weighted by molar-refractivity contribution is 7.92. The van der Waals surface area contributed by atoms with Crippen molar-refractivity contribution in [1.82, 2.24) is 4.57 Å². The second kappa shape index (κ2) is 9.05. The third-order valence-corrected chi connectivity index (χ3v) is 6.11. The fraction of sp³-hybridized carbons (Fsp3) is 0.182. The SMILES string of the molecule is COc1ccc(S(=O)(=O)Nc2ccc(C)n(CC(=O)Nc3ccccc3C)c2=O)cc1. The summed E-state index contributed by atoms with van der Waals surface area (Å²) >= 11 is 0. The van der Waals surface area contributed by atoms with Gasteiger partial charge in [-0.25, -0.2) is 8.42 Å². The van der Waals surface area contributed by atoms with Crippen LogP contribution in [0.25, 0.3) is 0 Å². The van der Waals surface area contributed by atoms with Crippen LogP contribution in [-0.4, -0.2) is 26.0 Å². The van der Waals surface area contributed by atoms with E-state index in [1.54, 1.807) is 25.1 Å². The molecule has 0 bridgehead atoms. The average molecular weight is 442 g/mol. The third kappa shape index (κ3) is 5.13. The van der Waals surface area contributed by atoms with Gasteiger partial charge in [-0.2, -0.15) is 0 Å². The Labute approximate surface area is 180 Å². The van der Waals surface area contributed by atoms with E-state index in [0.29, 0.717) is 17.1 Å². The quantitative estimate of drug-likeness (QED) is 0.586. The molecular formula is C22H23N3O5S. The van der Waals surface area contributed by atoms with E-state index in [0.717, 1.165) is 5.56 Å². The summed E-state index contributed by atoms with van der Waals surface area (Å²) in [7, 11) is -2.51. The number of amides is 1. The molecule has 3 rings (SSSR count). The minimum Gasteiger partial charge on any atom is -0.497 e. The van der Waals surface area contributed by atoms with Gasteiger partial charge >= 0.3 is 0 Å². The van der Waals surface area contributed by atoms with Crippen molar-refractivity contribution in [3.63, 3.8) is 0 Å². The molecule has 8 nitrogen and oxygen atoms in total. The minimum atomic E-state index is -3.99. The number of carbonyl (C=O) groups excluding carboxylic acids is 1. The van der Waals surface area contributed by atoms with Crippen LogP contribution >= 0.6 is 0 Å². The van der Waals surface area contributed by atoms with Crippen molar-refractivity contribution in [2.45, 2.75) is 25.3 Å². The Hall–Kier alpha value is -3.59. The van der Waals surface area contributed by atoms with Crippen LogP contribution < -0.4 is 20.3 Å². The number of sulfonamides is 1. The number of anilines is 2. The number of methoxy groups -OCH3 is 1. The second-order valence-corrected chi connectivity index (χ2v) is 8.61. The van der Waals surface area contributed by atoms with Gasteiger partial charge in [0.1, 0.15) is 18.0 Å². The Morgan fingerprint density at radius 3 is 2.29 bits per heavy atom. The lowest BCUT2D eigenvalue weighted by atomic mass is 10.2. The zero-order valence-corrected chi connectivity index (χ0v) is 18.2. The number of hydrogen-bond donors (Lipinski definition) is 2. The van der Waals surface area contributed by atoms with E-state index in [9.17, 15) is 18.0 Å². The molecule has 1 heterocycles. The number of nitrogens with one attached hydrogen (secondary N) is 2. The molecule has 162 valence electrons. The van der Waals surface area contributed by atoms with E-state index < -0.39 is 21.5 Å². The Balaban J connectivity index is 1.84. The lowest BCUT2D eigenvalue weighted by molar-refractivity contribution is -0.116. The van der Waals surface area contributed by atoms with Crippen molar-refractivity contribution in [2.24, 2.45) is 0 Å². The topological polar surface area (TPSA) is 106 Å². The normalized spacial score (nSPS) is 11.1. The van der Waals surface area contributed by atoms with Gasteiger partial charge in [-0.05, 0) is 61.9 Å². The maximum absolute atomic E-state index is 12.9. The minimum absolute atomic E-state index is 0.0166. The molecule has 31 heavy (non-hydrogen) atoms. The second-order valence-electron chi connectivity index (χ2n) is 6.92. The number of para-hydroxylation sites is 1. The lowest BCUT2D eigenvalue weighted by Crippen LogP contribution is -2.31. The van der Waals surface area contributed by atoms with Crippen LogP contribution in [0, 0.1) is 13.8 Å². The number of aryl methyl sites for hydroxylation is 2. The highest BCUT2D eigenvalue weighted by Crippen LogP contribution is 2.18. The number of aromatic nitrogens is 1. The summed E-state index contributed by atoms with van der Waals surface area (Å²) in [6.07, 6.45) is 0. The van der Waals surface area contributed by atoms with E-state index in [1.165, 1.54) is 42.0 Å². The molecule has 0 fully saturated rings. The average Bonchev–Trinajstić information content (AvgIpc) is 2.75. The van der Waals surface area contributed by atoms with Crippen LogP contribution in [0.5, 0.6) is 5.75 Å². The Kier molecular flexibility index (Phi) is 6.45. The van der Waals surface area contributed by atoms with Gasteiger partial charge in [0.05, 0.1) is 12.0 Å². The summed E-state index contributed by atoms with van der Waals surface area (Å²) in [4.78, 5) is 25.4. The molecule has 0 aliphatic carbocycles. The van der Waals surface area contributed by atoms with Gasteiger partial charge in [-0.15, -0.1) is 0 Å². The van der Waals surface area contributed by atoms with E-state index >= 15 is 0 Å². The zero-order chi connectivity index (χ0) is 22.6. The Morgan fingerprint density at radius 2 is 1.65 bits per heavy atom. The first-order valence-corrected chi connectivity index (χ1v) is 10.9. The molecule has 0 saturated heterocycles. The molecule has 3 aromatic rings. The molecule has 9 heteroatoms. The fourth-order valence-corrected chi connectivity index (χ4v) is 4.01.